The summed E-state index contributed by atoms with van der Waals surface area (Å²) in [5.41, 5.74) is 0. The largest absolute Gasteiger partial charge is 0.424 e. The first kappa shape index (κ1) is 9.30. The zero-order valence-electron chi connectivity index (χ0n) is 6.14. The zero-order valence-corrected chi connectivity index (χ0v) is 6.96. The fraction of sp³-hybridized carbons (Fsp3) is 0.286. The molecule has 56 valence electrons. The lowest BCUT2D eigenvalue weighted by Gasteiger charge is -1.99. The van der Waals surface area contributed by atoms with Gasteiger partial charge >= 0.3 is 5.30 Å². The van der Waals surface area contributed by atoms with Crippen LogP contribution in [0.3, 0.4) is 0 Å². The number of ether oxygens (including phenoxy) is 1. The number of carbonyl (C=O) groups is 1. The molecule has 0 radical (unpaired) electrons. The Balaban J connectivity index is 3.65. The molecule has 0 spiro atoms. The molecule has 0 atom stereocenters. The van der Waals surface area contributed by atoms with Gasteiger partial charge in [-0.1, -0.05) is 13.2 Å². The van der Waals surface area contributed by atoms with Crippen molar-refractivity contribution in [2.24, 2.45) is 0 Å². The monoisotopic (exact) mass is 158 g/mol. The van der Waals surface area contributed by atoms with E-state index in [4.69, 9.17) is 0 Å². The normalized spacial score (nSPS) is 8.60. The molecule has 3 heteroatoms. The van der Waals surface area contributed by atoms with E-state index in [1.807, 2.05) is 0 Å². The Morgan fingerprint density at radius 3 is 2.20 bits per heavy atom. The molecule has 0 aromatic heterocycles. The molecule has 0 bridgehead atoms. The van der Waals surface area contributed by atoms with Gasteiger partial charge in [-0.3, -0.25) is 0 Å². The van der Waals surface area contributed by atoms with Gasteiger partial charge in [0.1, 0.15) is 0 Å². The van der Waals surface area contributed by atoms with Crippen LogP contribution in [0.1, 0.15) is 13.8 Å². The Morgan fingerprint density at radius 2 is 1.90 bits per heavy atom. The van der Waals surface area contributed by atoms with Crippen molar-refractivity contribution < 1.29 is 9.53 Å². The summed E-state index contributed by atoms with van der Waals surface area (Å²) in [6.45, 7) is 10.3. The molecule has 0 unspecified atom stereocenters. The maximum atomic E-state index is 10.7. The van der Waals surface area contributed by atoms with E-state index in [9.17, 15) is 4.79 Å². The summed E-state index contributed by atoms with van der Waals surface area (Å²) >= 11 is 0.966. The van der Waals surface area contributed by atoms with Crippen molar-refractivity contribution in [1.82, 2.24) is 0 Å². The molecule has 0 saturated carbocycles. The summed E-state index contributed by atoms with van der Waals surface area (Å²) in [4.78, 5) is 11.4. The third-order valence-corrected chi connectivity index (χ3v) is 1.11. The maximum absolute atomic E-state index is 10.7. The lowest BCUT2D eigenvalue weighted by Crippen LogP contribution is -1.92. The van der Waals surface area contributed by atoms with Crippen molar-refractivity contribution in [2.45, 2.75) is 13.8 Å². The summed E-state index contributed by atoms with van der Waals surface area (Å²) in [5, 5.41) is -0.375. The average Bonchev–Trinajstić information content (AvgIpc) is 1.58. The molecule has 0 aliphatic heterocycles. The Hall–Kier alpha value is -0.700. The van der Waals surface area contributed by atoms with E-state index in [0.717, 1.165) is 11.8 Å². The number of hydrogen-bond acceptors (Lipinski definition) is 3. The Bertz CT molecular complexity index is 154. The van der Waals surface area contributed by atoms with E-state index < -0.39 is 0 Å². The first-order chi connectivity index (χ1) is 4.52. The van der Waals surface area contributed by atoms with Crippen LogP contribution in [0.5, 0.6) is 0 Å². The van der Waals surface area contributed by atoms with Crippen LogP contribution in [0.15, 0.2) is 23.8 Å². The lowest BCUT2D eigenvalue weighted by atomic mass is 10.7. The summed E-state index contributed by atoms with van der Waals surface area (Å²) in [6.07, 6.45) is 0. The second-order valence-electron chi connectivity index (χ2n) is 1.86. The van der Waals surface area contributed by atoms with Crippen LogP contribution in [0.25, 0.3) is 0 Å². The smallest absolute Gasteiger partial charge is 0.376 e. The summed E-state index contributed by atoms with van der Waals surface area (Å²) < 4.78 is 4.63. The highest BCUT2D eigenvalue weighted by atomic mass is 32.2. The van der Waals surface area contributed by atoms with Crippen LogP contribution in [0, 0.1) is 0 Å². The van der Waals surface area contributed by atoms with E-state index in [-0.39, 0.29) is 5.30 Å². The second-order valence-corrected chi connectivity index (χ2v) is 3.09. The van der Waals surface area contributed by atoms with Gasteiger partial charge in [0.2, 0.25) is 0 Å². The molecular formula is C7H10O2S. The highest BCUT2D eigenvalue weighted by molar-refractivity contribution is 8.16. The topological polar surface area (TPSA) is 26.3 Å². The van der Waals surface area contributed by atoms with Crippen molar-refractivity contribution in [3.05, 3.63) is 23.8 Å². The predicted octanol–water partition coefficient (Wildman–Crippen LogP) is 2.92. The Kier molecular flexibility index (Phi) is 3.88. The zero-order chi connectivity index (χ0) is 8.15. The third-order valence-electron chi connectivity index (χ3n) is 0.515. The van der Waals surface area contributed by atoms with E-state index in [1.165, 1.54) is 0 Å². The molecule has 2 nitrogen and oxygen atoms in total. The molecular weight excluding hydrogens is 148 g/mol. The molecule has 0 aromatic carbocycles. The molecule has 10 heavy (non-hydrogen) atoms. The van der Waals surface area contributed by atoms with Gasteiger partial charge < -0.3 is 4.74 Å². The molecule has 0 fully saturated rings. The van der Waals surface area contributed by atoms with Crippen LogP contribution in [-0.4, -0.2) is 5.30 Å². The number of allylic oxidation sites excluding steroid dienone is 2. The lowest BCUT2D eigenvalue weighted by molar-refractivity contribution is 0.205. The van der Waals surface area contributed by atoms with E-state index in [1.54, 1.807) is 13.8 Å². The van der Waals surface area contributed by atoms with Crippen molar-refractivity contribution in [3.63, 3.8) is 0 Å². The molecule has 0 amide bonds. The number of carbonyl (C=O) groups excluding carboxylic acids is 1. The van der Waals surface area contributed by atoms with Crippen molar-refractivity contribution in [2.75, 3.05) is 0 Å². The SMILES string of the molecule is C=C(C)OC(=O)SC(=C)C. The third kappa shape index (κ3) is 5.44. The quantitative estimate of drug-likeness (QED) is 0.456. The first-order valence-electron chi connectivity index (χ1n) is 2.73. The highest BCUT2D eigenvalue weighted by Gasteiger charge is 2.02. The number of rotatable bonds is 2. The predicted molar refractivity (Wildman–Crippen MR) is 43.7 cm³/mol. The summed E-state index contributed by atoms with van der Waals surface area (Å²) in [6, 6.07) is 0. The van der Waals surface area contributed by atoms with Gasteiger partial charge in [0.05, 0.1) is 5.76 Å². The van der Waals surface area contributed by atoms with Gasteiger partial charge in [-0.2, -0.15) is 0 Å². The highest BCUT2D eigenvalue weighted by Crippen LogP contribution is 2.16. The van der Waals surface area contributed by atoms with Crippen LogP contribution in [-0.2, 0) is 4.74 Å². The summed E-state index contributed by atoms with van der Waals surface area (Å²) in [5.74, 6) is 0.402. The van der Waals surface area contributed by atoms with Crippen molar-refractivity contribution in [1.29, 1.82) is 0 Å². The average molecular weight is 158 g/mol. The molecule has 0 saturated heterocycles. The first-order valence-corrected chi connectivity index (χ1v) is 3.54. The van der Waals surface area contributed by atoms with E-state index in [0.29, 0.717) is 10.7 Å². The fourth-order valence-corrected chi connectivity index (χ4v) is 0.774. The standard InChI is InChI=1S/C7H10O2S/c1-5(2)9-7(8)10-6(3)4/h1,3H2,2,4H3. The molecule has 0 N–H and O–H groups in total. The van der Waals surface area contributed by atoms with Crippen LogP contribution >= 0.6 is 11.8 Å². The molecule has 0 aliphatic carbocycles. The summed E-state index contributed by atoms with van der Waals surface area (Å²) in [7, 11) is 0. The van der Waals surface area contributed by atoms with Crippen LogP contribution < -0.4 is 0 Å². The van der Waals surface area contributed by atoms with E-state index in [2.05, 4.69) is 17.9 Å². The minimum atomic E-state index is -0.375. The van der Waals surface area contributed by atoms with Gasteiger partial charge in [-0.25, -0.2) is 4.79 Å². The fourth-order valence-electron chi connectivity index (χ4n) is 0.305. The van der Waals surface area contributed by atoms with Gasteiger partial charge in [0.15, 0.2) is 0 Å². The van der Waals surface area contributed by atoms with Crippen LogP contribution in [0.4, 0.5) is 4.79 Å². The molecule has 0 rings (SSSR count). The second kappa shape index (κ2) is 4.17. The van der Waals surface area contributed by atoms with Crippen LogP contribution in [0.2, 0.25) is 0 Å². The Morgan fingerprint density at radius 1 is 1.40 bits per heavy atom. The molecule has 0 heterocycles. The Labute approximate surface area is 64.9 Å². The van der Waals surface area contributed by atoms with E-state index >= 15 is 0 Å². The number of hydrogen-bond donors (Lipinski definition) is 0. The van der Waals surface area contributed by atoms with Crippen molar-refractivity contribution in [3.8, 4) is 0 Å². The minimum Gasteiger partial charge on any atom is -0.424 e. The number of thioether (sulfide) groups is 1. The molecule has 0 aliphatic rings. The van der Waals surface area contributed by atoms with Gasteiger partial charge in [0.25, 0.3) is 0 Å². The minimum absolute atomic E-state index is 0.375. The van der Waals surface area contributed by atoms with Crippen molar-refractivity contribution >= 4 is 17.1 Å². The maximum Gasteiger partial charge on any atom is 0.376 e. The van der Waals surface area contributed by atoms with Gasteiger partial charge in [-0.15, -0.1) is 0 Å². The van der Waals surface area contributed by atoms with Gasteiger partial charge in [-0.05, 0) is 30.5 Å². The molecule has 0 aromatic rings. The van der Waals surface area contributed by atoms with Gasteiger partial charge in [0, 0.05) is 0 Å².